The van der Waals surface area contributed by atoms with Crippen molar-refractivity contribution in [1.82, 2.24) is 4.98 Å². The fourth-order valence-electron chi connectivity index (χ4n) is 1.68. The molecule has 0 bridgehead atoms. The summed E-state index contributed by atoms with van der Waals surface area (Å²) in [5, 5.41) is 10.9. The van der Waals surface area contributed by atoms with Crippen LogP contribution in [-0.2, 0) is 15.6 Å². The number of sulfone groups is 1. The van der Waals surface area contributed by atoms with Crippen LogP contribution in [0.15, 0.2) is 29.6 Å². The number of carbonyl (C=O) groups is 1. The third-order valence-electron chi connectivity index (χ3n) is 2.61. The van der Waals surface area contributed by atoms with E-state index in [-0.39, 0.29) is 17.2 Å². The zero-order valence-corrected chi connectivity index (χ0v) is 12.4. The molecule has 1 aromatic heterocycles. The first-order valence-electron chi connectivity index (χ1n) is 5.83. The lowest BCUT2D eigenvalue weighted by Crippen LogP contribution is -2.07. The minimum atomic E-state index is -3.30. The van der Waals surface area contributed by atoms with Crippen molar-refractivity contribution in [2.75, 3.05) is 5.75 Å². The molecule has 0 fully saturated rings. The highest BCUT2D eigenvalue weighted by Crippen LogP contribution is 2.24. The second-order valence-corrected chi connectivity index (χ2v) is 7.20. The monoisotopic (exact) mass is 321 g/mol. The molecule has 1 aromatic carbocycles. The Morgan fingerprint density at radius 1 is 1.33 bits per heavy atom. The molecule has 1 heterocycles. The lowest BCUT2D eigenvalue weighted by molar-refractivity contribution is 0.0691. The van der Waals surface area contributed by atoms with Crippen molar-refractivity contribution in [2.24, 2.45) is 0 Å². The standard InChI is InChI=1S/C14H11NO4S2/c1-2-7-21(18,19)9-10-3-5-11(6-4-10)13-15-12(8-20-13)14(16)17/h1,3-6,8H,7,9H2,(H,16,17). The summed E-state index contributed by atoms with van der Waals surface area (Å²) in [4.78, 5) is 14.8. The summed E-state index contributed by atoms with van der Waals surface area (Å²) in [6.45, 7) is 0. The van der Waals surface area contributed by atoms with Gasteiger partial charge in [0.2, 0.25) is 0 Å². The number of benzene rings is 1. The van der Waals surface area contributed by atoms with Gasteiger partial charge in [0.1, 0.15) is 10.8 Å². The van der Waals surface area contributed by atoms with Crippen molar-refractivity contribution < 1.29 is 18.3 Å². The van der Waals surface area contributed by atoms with E-state index < -0.39 is 15.8 Å². The summed E-state index contributed by atoms with van der Waals surface area (Å²) in [5.74, 6) is 0.649. The molecule has 2 aromatic rings. The number of nitrogens with zero attached hydrogens (tertiary/aromatic N) is 1. The Hall–Kier alpha value is -2.17. The predicted octanol–water partition coefficient (Wildman–Crippen LogP) is 2.06. The van der Waals surface area contributed by atoms with Crippen molar-refractivity contribution in [3.05, 3.63) is 40.9 Å². The van der Waals surface area contributed by atoms with Crippen molar-refractivity contribution in [3.63, 3.8) is 0 Å². The van der Waals surface area contributed by atoms with Crippen LogP contribution in [0.2, 0.25) is 0 Å². The van der Waals surface area contributed by atoms with E-state index in [2.05, 4.69) is 10.9 Å². The molecule has 0 atom stereocenters. The topological polar surface area (TPSA) is 84.3 Å². The summed E-state index contributed by atoms with van der Waals surface area (Å²) in [6.07, 6.45) is 5.01. The van der Waals surface area contributed by atoms with E-state index in [0.29, 0.717) is 10.6 Å². The van der Waals surface area contributed by atoms with Crippen molar-refractivity contribution in [3.8, 4) is 22.9 Å². The molecular weight excluding hydrogens is 310 g/mol. The molecule has 0 amide bonds. The average Bonchev–Trinajstić information content (AvgIpc) is 2.88. The van der Waals surface area contributed by atoms with E-state index in [1.54, 1.807) is 24.3 Å². The van der Waals surface area contributed by atoms with Gasteiger partial charge < -0.3 is 5.11 Å². The third kappa shape index (κ3) is 3.90. The molecule has 0 spiro atoms. The highest BCUT2D eigenvalue weighted by Gasteiger charge is 2.12. The van der Waals surface area contributed by atoms with Crippen LogP contribution in [0.3, 0.4) is 0 Å². The fraction of sp³-hybridized carbons (Fsp3) is 0.143. The molecule has 0 saturated heterocycles. The maximum Gasteiger partial charge on any atom is 0.355 e. The van der Waals surface area contributed by atoms with Crippen LogP contribution in [0.25, 0.3) is 10.6 Å². The Morgan fingerprint density at radius 3 is 2.52 bits per heavy atom. The molecular formula is C14H11NO4S2. The van der Waals surface area contributed by atoms with Crippen LogP contribution < -0.4 is 0 Å². The van der Waals surface area contributed by atoms with Gasteiger partial charge in [0.05, 0.1) is 5.75 Å². The van der Waals surface area contributed by atoms with Gasteiger partial charge in [-0.15, -0.1) is 17.8 Å². The number of hydrogen-bond acceptors (Lipinski definition) is 5. The first kappa shape index (κ1) is 15.2. The molecule has 7 heteroatoms. The SMILES string of the molecule is C#CCS(=O)(=O)Cc1ccc(-c2nc(C(=O)O)cs2)cc1. The number of thiazole rings is 1. The Morgan fingerprint density at radius 2 is 2.00 bits per heavy atom. The number of carboxylic acids is 1. The second-order valence-electron chi connectivity index (χ2n) is 4.28. The van der Waals surface area contributed by atoms with Crippen molar-refractivity contribution in [1.29, 1.82) is 0 Å². The van der Waals surface area contributed by atoms with E-state index in [1.165, 1.54) is 16.7 Å². The van der Waals surface area contributed by atoms with Gasteiger partial charge in [0, 0.05) is 10.9 Å². The van der Waals surface area contributed by atoms with E-state index in [0.717, 1.165) is 5.56 Å². The summed E-state index contributed by atoms with van der Waals surface area (Å²) in [6, 6.07) is 6.77. The van der Waals surface area contributed by atoms with Gasteiger partial charge in [-0.2, -0.15) is 0 Å². The van der Waals surface area contributed by atoms with Crippen LogP contribution in [0, 0.1) is 12.3 Å². The Bertz CT molecular complexity index is 798. The fourth-order valence-corrected chi connectivity index (χ4v) is 3.54. The number of carboxylic acid groups (broad SMARTS) is 1. The lowest BCUT2D eigenvalue weighted by atomic mass is 10.2. The minimum Gasteiger partial charge on any atom is -0.476 e. The summed E-state index contributed by atoms with van der Waals surface area (Å²) < 4.78 is 23.2. The summed E-state index contributed by atoms with van der Waals surface area (Å²) in [7, 11) is -3.30. The molecule has 0 aliphatic carbocycles. The molecule has 2 rings (SSSR count). The quantitative estimate of drug-likeness (QED) is 0.852. The molecule has 0 aliphatic heterocycles. The molecule has 108 valence electrons. The van der Waals surface area contributed by atoms with E-state index in [4.69, 9.17) is 11.5 Å². The third-order valence-corrected chi connectivity index (χ3v) is 4.89. The number of aromatic nitrogens is 1. The Labute approximate surface area is 126 Å². The van der Waals surface area contributed by atoms with E-state index in [1.807, 2.05) is 0 Å². The van der Waals surface area contributed by atoms with Gasteiger partial charge >= 0.3 is 5.97 Å². The molecule has 5 nitrogen and oxygen atoms in total. The zero-order valence-electron chi connectivity index (χ0n) is 10.8. The van der Waals surface area contributed by atoms with Gasteiger partial charge in [0.25, 0.3) is 0 Å². The maximum atomic E-state index is 11.6. The lowest BCUT2D eigenvalue weighted by Gasteiger charge is -2.02. The molecule has 1 N–H and O–H groups in total. The maximum absolute atomic E-state index is 11.6. The number of hydrogen-bond donors (Lipinski definition) is 1. The van der Waals surface area contributed by atoms with Crippen molar-refractivity contribution >= 4 is 27.1 Å². The predicted molar refractivity (Wildman–Crippen MR) is 80.8 cm³/mol. The average molecular weight is 321 g/mol. The number of terminal acetylenes is 1. The van der Waals surface area contributed by atoms with Gasteiger partial charge in [-0.05, 0) is 5.56 Å². The highest BCUT2D eigenvalue weighted by molar-refractivity contribution is 7.90. The van der Waals surface area contributed by atoms with E-state index >= 15 is 0 Å². The minimum absolute atomic E-state index is 0.00401. The van der Waals surface area contributed by atoms with Crippen LogP contribution in [0.5, 0.6) is 0 Å². The number of rotatable bonds is 5. The van der Waals surface area contributed by atoms with Crippen LogP contribution >= 0.6 is 11.3 Å². The van der Waals surface area contributed by atoms with Crippen LogP contribution in [0.1, 0.15) is 16.1 Å². The largest absolute Gasteiger partial charge is 0.476 e. The Balaban J connectivity index is 2.19. The first-order chi connectivity index (χ1) is 9.91. The van der Waals surface area contributed by atoms with Gasteiger partial charge in [0.15, 0.2) is 15.5 Å². The second kappa shape index (κ2) is 6.08. The molecule has 21 heavy (non-hydrogen) atoms. The molecule has 0 radical (unpaired) electrons. The van der Waals surface area contributed by atoms with E-state index in [9.17, 15) is 13.2 Å². The smallest absolute Gasteiger partial charge is 0.355 e. The van der Waals surface area contributed by atoms with Crippen LogP contribution in [0.4, 0.5) is 0 Å². The first-order valence-corrected chi connectivity index (χ1v) is 8.53. The highest BCUT2D eigenvalue weighted by atomic mass is 32.2. The summed E-state index contributed by atoms with van der Waals surface area (Å²) in [5.41, 5.74) is 1.37. The van der Waals surface area contributed by atoms with Crippen LogP contribution in [-0.4, -0.2) is 30.2 Å². The van der Waals surface area contributed by atoms with Gasteiger partial charge in [-0.3, -0.25) is 0 Å². The number of aromatic carboxylic acids is 1. The molecule has 0 unspecified atom stereocenters. The molecule has 0 aliphatic rings. The normalized spacial score (nSPS) is 11.0. The Kier molecular flexibility index (Phi) is 4.40. The van der Waals surface area contributed by atoms with Gasteiger partial charge in [-0.1, -0.05) is 30.2 Å². The molecule has 0 saturated carbocycles. The zero-order chi connectivity index (χ0) is 15.5. The summed E-state index contributed by atoms with van der Waals surface area (Å²) >= 11 is 1.22. The van der Waals surface area contributed by atoms with Gasteiger partial charge in [-0.25, -0.2) is 18.2 Å². The van der Waals surface area contributed by atoms with Crippen molar-refractivity contribution in [2.45, 2.75) is 5.75 Å².